The van der Waals surface area contributed by atoms with Gasteiger partial charge in [0.25, 0.3) is 0 Å². The van der Waals surface area contributed by atoms with Gasteiger partial charge in [-0.1, -0.05) is 38.9 Å². The number of methoxy groups -OCH3 is 1. The van der Waals surface area contributed by atoms with Crippen molar-refractivity contribution < 1.29 is 23.7 Å². The molecule has 0 radical (unpaired) electrons. The molecule has 1 fully saturated rings. The monoisotopic (exact) mass is 423 g/mol. The van der Waals surface area contributed by atoms with Gasteiger partial charge in [0, 0.05) is 20.9 Å². The maximum Gasteiger partial charge on any atom is 0.338 e. The Morgan fingerprint density at radius 2 is 1.79 bits per heavy atom. The van der Waals surface area contributed by atoms with E-state index in [2.05, 4.69) is 19.6 Å². The number of esters is 1. The molecule has 0 saturated heterocycles. The average molecular weight is 424 g/mol. The second-order valence-electron chi connectivity index (χ2n) is 8.96. The molecule has 2 N–H and O–H groups in total. The highest BCUT2D eigenvalue weighted by Crippen LogP contribution is 2.25. The van der Waals surface area contributed by atoms with Gasteiger partial charge in [0.1, 0.15) is 6.79 Å². The fraction of sp³-hybridized carbons (Fsp3) is 0.682. The third kappa shape index (κ3) is 8.46. The van der Waals surface area contributed by atoms with E-state index in [1.807, 2.05) is 0 Å². The van der Waals surface area contributed by atoms with Gasteiger partial charge in [-0.05, 0) is 42.6 Å². The first kappa shape index (κ1) is 23.9. The van der Waals surface area contributed by atoms with Crippen molar-refractivity contribution in [3.8, 4) is 0 Å². The summed E-state index contributed by atoms with van der Waals surface area (Å²) in [7, 11) is 0.369. The second kappa shape index (κ2) is 11.7. The van der Waals surface area contributed by atoms with E-state index in [1.165, 1.54) is 6.42 Å². The Balaban J connectivity index is 2.03. The van der Waals surface area contributed by atoms with Gasteiger partial charge in [-0.3, -0.25) is 0 Å². The zero-order chi connectivity index (χ0) is 21.3. The first-order chi connectivity index (χ1) is 13.8. The van der Waals surface area contributed by atoms with Crippen molar-refractivity contribution in [1.29, 1.82) is 0 Å². The third-order valence-electron chi connectivity index (χ3n) is 5.18. The summed E-state index contributed by atoms with van der Waals surface area (Å²) in [5, 5.41) is 0. The van der Waals surface area contributed by atoms with Crippen LogP contribution >= 0.6 is 0 Å². The van der Waals surface area contributed by atoms with Crippen molar-refractivity contribution in [1.82, 2.24) is 0 Å². The van der Waals surface area contributed by atoms with E-state index in [-0.39, 0.29) is 25.0 Å². The van der Waals surface area contributed by atoms with Crippen molar-refractivity contribution in [2.75, 3.05) is 26.2 Å². The molecule has 0 bridgehead atoms. The fourth-order valence-electron chi connectivity index (χ4n) is 3.43. The van der Waals surface area contributed by atoms with E-state index in [0.29, 0.717) is 24.5 Å². The highest BCUT2D eigenvalue weighted by Gasteiger charge is 2.26. The fourth-order valence-corrected chi connectivity index (χ4v) is 4.15. The van der Waals surface area contributed by atoms with E-state index >= 15 is 0 Å². The van der Waals surface area contributed by atoms with Crippen LogP contribution in [0.1, 0.15) is 48.0 Å². The van der Waals surface area contributed by atoms with E-state index in [4.69, 9.17) is 24.7 Å². The molecule has 0 heterocycles. The predicted octanol–water partition coefficient (Wildman–Crippen LogP) is 4.60. The number of nitrogens with two attached hydrogens (primary N) is 1. The van der Waals surface area contributed by atoms with Crippen LogP contribution in [0.25, 0.3) is 0 Å². The van der Waals surface area contributed by atoms with Crippen LogP contribution in [0.15, 0.2) is 18.2 Å². The topological polar surface area (TPSA) is 80.0 Å². The molecule has 164 valence electrons. The molecule has 7 heteroatoms. The molecule has 0 amide bonds. The van der Waals surface area contributed by atoms with Crippen molar-refractivity contribution in [2.45, 2.75) is 76.6 Å². The lowest BCUT2D eigenvalue weighted by Gasteiger charge is -2.26. The lowest BCUT2D eigenvalue weighted by Crippen LogP contribution is -2.31. The van der Waals surface area contributed by atoms with Gasteiger partial charge < -0.3 is 24.7 Å². The van der Waals surface area contributed by atoms with Crippen LogP contribution < -0.4 is 5.73 Å². The Morgan fingerprint density at radius 3 is 2.45 bits per heavy atom. The van der Waals surface area contributed by atoms with Gasteiger partial charge >= 0.3 is 5.97 Å². The molecule has 0 aromatic heterocycles. The minimum Gasteiger partial charge on any atom is -0.462 e. The van der Waals surface area contributed by atoms with E-state index in [1.54, 1.807) is 25.3 Å². The molecule has 2 rings (SSSR count). The van der Waals surface area contributed by atoms with Crippen LogP contribution in [0.2, 0.25) is 25.7 Å². The lowest BCUT2D eigenvalue weighted by molar-refractivity contribution is -0.133. The number of ether oxygens (including phenoxy) is 4. The van der Waals surface area contributed by atoms with E-state index in [9.17, 15) is 4.79 Å². The van der Waals surface area contributed by atoms with Crippen molar-refractivity contribution in [3.05, 3.63) is 29.3 Å². The predicted molar refractivity (Wildman–Crippen MR) is 118 cm³/mol. The summed E-state index contributed by atoms with van der Waals surface area (Å²) >= 11 is 0. The van der Waals surface area contributed by atoms with Crippen LogP contribution in [-0.2, 0) is 25.6 Å². The Kier molecular flexibility index (Phi) is 9.62. The molecular weight excluding hydrogens is 386 g/mol. The summed E-state index contributed by atoms with van der Waals surface area (Å²) in [5.41, 5.74) is 7.86. The van der Waals surface area contributed by atoms with E-state index < -0.39 is 8.07 Å². The number of hydrogen-bond acceptors (Lipinski definition) is 6. The zero-order valence-electron chi connectivity index (χ0n) is 18.4. The molecule has 0 aliphatic heterocycles. The lowest BCUT2D eigenvalue weighted by atomic mass is 10.1. The standard InChI is InChI=1S/C22H37NO5Si/c1-25-16-28-21-9-7-5-6-8-20(21)27-15-17-14-18(23)10-11-19(17)22(24)26-12-13-29(2,3)4/h10-11,14,20-21H,5-9,12-13,15-16,23H2,1-4H3. The van der Waals surface area contributed by atoms with Gasteiger partial charge in [0.15, 0.2) is 0 Å². The molecule has 0 spiro atoms. The molecule has 1 saturated carbocycles. The minimum atomic E-state index is -1.25. The summed E-state index contributed by atoms with van der Waals surface area (Å²) in [6.07, 6.45) is 5.29. The maximum absolute atomic E-state index is 12.6. The van der Waals surface area contributed by atoms with E-state index in [0.717, 1.165) is 37.3 Å². The van der Waals surface area contributed by atoms with Crippen molar-refractivity contribution in [3.63, 3.8) is 0 Å². The van der Waals surface area contributed by atoms with Crippen LogP contribution in [0.3, 0.4) is 0 Å². The number of carbonyl (C=O) groups excluding carboxylic acids is 1. The molecule has 6 nitrogen and oxygen atoms in total. The maximum atomic E-state index is 12.6. The van der Waals surface area contributed by atoms with Gasteiger partial charge in [-0.25, -0.2) is 4.79 Å². The summed E-state index contributed by atoms with van der Waals surface area (Å²) in [5.74, 6) is -0.310. The van der Waals surface area contributed by atoms with Crippen LogP contribution in [0.5, 0.6) is 0 Å². The van der Waals surface area contributed by atoms with Crippen LogP contribution in [-0.4, -0.2) is 46.8 Å². The Hall–Kier alpha value is -1.41. The number of carbonyl (C=O) groups is 1. The largest absolute Gasteiger partial charge is 0.462 e. The highest BCUT2D eigenvalue weighted by atomic mass is 28.3. The quantitative estimate of drug-likeness (QED) is 0.195. The number of nitrogen functional groups attached to an aromatic ring is 1. The molecule has 1 aromatic carbocycles. The summed E-state index contributed by atoms with van der Waals surface area (Å²) < 4.78 is 22.7. The van der Waals surface area contributed by atoms with Gasteiger partial charge in [-0.15, -0.1) is 0 Å². The number of rotatable bonds is 10. The van der Waals surface area contributed by atoms with Crippen molar-refractivity contribution in [2.24, 2.45) is 0 Å². The smallest absolute Gasteiger partial charge is 0.338 e. The molecule has 2 atom stereocenters. The van der Waals surface area contributed by atoms with Crippen LogP contribution in [0.4, 0.5) is 5.69 Å². The molecule has 1 aliphatic carbocycles. The SMILES string of the molecule is COCOC1CCCCCC1OCc1cc(N)ccc1C(=O)OCC[Si](C)(C)C. The van der Waals surface area contributed by atoms with Crippen LogP contribution in [0, 0.1) is 0 Å². The number of benzene rings is 1. The van der Waals surface area contributed by atoms with Crippen molar-refractivity contribution >= 4 is 19.7 Å². The van der Waals surface area contributed by atoms with Gasteiger partial charge in [0.2, 0.25) is 0 Å². The highest BCUT2D eigenvalue weighted by molar-refractivity contribution is 6.76. The van der Waals surface area contributed by atoms with Gasteiger partial charge in [0.05, 0.1) is 31.0 Å². The minimum absolute atomic E-state index is 0.00524. The number of hydrogen-bond donors (Lipinski definition) is 1. The molecule has 1 aromatic rings. The second-order valence-corrected chi connectivity index (χ2v) is 14.6. The molecule has 2 unspecified atom stereocenters. The Labute approximate surface area is 176 Å². The zero-order valence-corrected chi connectivity index (χ0v) is 19.4. The molecular formula is C22H37NO5Si. The Morgan fingerprint density at radius 1 is 1.10 bits per heavy atom. The first-order valence-corrected chi connectivity index (χ1v) is 14.3. The molecule has 1 aliphatic rings. The summed E-state index contributed by atoms with van der Waals surface area (Å²) in [6.45, 7) is 7.81. The first-order valence-electron chi connectivity index (χ1n) is 10.6. The third-order valence-corrected chi connectivity index (χ3v) is 6.88. The summed E-state index contributed by atoms with van der Waals surface area (Å²) in [6, 6.07) is 6.21. The number of anilines is 1. The summed E-state index contributed by atoms with van der Waals surface area (Å²) in [4.78, 5) is 12.6. The average Bonchev–Trinajstić information content (AvgIpc) is 2.88. The molecule has 29 heavy (non-hydrogen) atoms. The Bertz CT molecular complexity index is 647. The normalized spacial score (nSPS) is 20.3. The van der Waals surface area contributed by atoms with Gasteiger partial charge in [-0.2, -0.15) is 0 Å².